The van der Waals surface area contributed by atoms with Gasteiger partial charge in [-0.05, 0) is 43.0 Å². The third kappa shape index (κ3) is 2.66. The van der Waals surface area contributed by atoms with Crippen LogP contribution in [0.4, 0.5) is 0 Å². The fraction of sp³-hybridized carbons (Fsp3) is 0.308. The second-order valence-corrected chi connectivity index (χ2v) is 4.32. The van der Waals surface area contributed by atoms with Crippen LogP contribution in [0.3, 0.4) is 0 Å². The molecule has 1 atom stereocenters. The number of rotatable bonds is 4. The normalized spacial score (nSPS) is 15.5. The molecule has 1 aromatic rings. The summed E-state index contributed by atoms with van der Waals surface area (Å²) in [4.78, 5) is 22.8. The van der Waals surface area contributed by atoms with Gasteiger partial charge in [-0.3, -0.25) is 4.79 Å². The summed E-state index contributed by atoms with van der Waals surface area (Å²) in [6.07, 6.45) is 1.68. The lowest BCUT2D eigenvalue weighted by Gasteiger charge is -2.13. The molecule has 0 heterocycles. The van der Waals surface area contributed by atoms with E-state index >= 15 is 0 Å². The molecule has 1 aliphatic rings. The molecule has 0 saturated heterocycles. The molecule has 1 aromatic carbocycles. The Morgan fingerprint density at radius 1 is 1.33 bits per heavy atom. The van der Waals surface area contributed by atoms with Crippen molar-refractivity contribution in [2.45, 2.75) is 18.9 Å². The van der Waals surface area contributed by atoms with E-state index in [0.29, 0.717) is 11.1 Å². The highest BCUT2D eigenvalue weighted by Gasteiger charge is 2.37. The Balaban J connectivity index is 2.06. The topological polar surface area (TPSA) is 90.2 Å². The first kappa shape index (κ1) is 12.1. The summed E-state index contributed by atoms with van der Waals surface area (Å²) < 4.78 is 0. The van der Waals surface area contributed by atoms with E-state index in [2.05, 4.69) is 5.32 Å². The van der Waals surface area contributed by atoms with Gasteiger partial charge in [-0.2, -0.15) is 5.26 Å². The highest BCUT2D eigenvalue weighted by atomic mass is 16.4. The number of hydrogen-bond acceptors (Lipinski definition) is 3. The molecular weight excluding hydrogens is 232 g/mol. The van der Waals surface area contributed by atoms with E-state index in [1.54, 1.807) is 0 Å². The van der Waals surface area contributed by atoms with E-state index in [4.69, 9.17) is 10.4 Å². The first-order chi connectivity index (χ1) is 8.61. The van der Waals surface area contributed by atoms with Crippen molar-refractivity contribution < 1.29 is 14.7 Å². The maximum atomic E-state index is 11.8. The average Bonchev–Trinajstić information content (AvgIpc) is 3.19. The predicted molar refractivity (Wildman–Crippen MR) is 62.8 cm³/mol. The number of nitriles is 1. The number of hydrogen-bond donors (Lipinski definition) is 2. The molecule has 2 rings (SSSR count). The first-order valence-electron chi connectivity index (χ1n) is 5.65. The van der Waals surface area contributed by atoms with E-state index in [1.165, 1.54) is 24.3 Å². The second-order valence-electron chi connectivity index (χ2n) is 4.32. The van der Waals surface area contributed by atoms with Gasteiger partial charge in [-0.15, -0.1) is 0 Å². The van der Waals surface area contributed by atoms with Gasteiger partial charge in [-0.25, -0.2) is 4.79 Å². The molecule has 5 nitrogen and oxygen atoms in total. The number of aliphatic carboxylic acids is 1. The van der Waals surface area contributed by atoms with Gasteiger partial charge in [0.15, 0.2) is 0 Å². The summed E-state index contributed by atoms with van der Waals surface area (Å²) in [7, 11) is 0. The number of nitrogens with zero attached hydrogens (tertiary/aromatic N) is 1. The quantitative estimate of drug-likeness (QED) is 0.831. The minimum atomic E-state index is -1.00. The monoisotopic (exact) mass is 244 g/mol. The van der Waals surface area contributed by atoms with E-state index < -0.39 is 17.9 Å². The van der Waals surface area contributed by atoms with Crippen molar-refractivity contribution in [2.75, 3.05) is 0 Å². The number of carbonyl (C=O) groups is 2. The zero-order valence-corrected chi connectivity index (χ0v) is 9.59. The lowest BCUT2D eigenvalue weighted by Crippen LogP contribution is -2.42. The smallest absolute Gasteiger partial charge is 0.326 e. The summed E-state index contributed by atoms with van der Waals surface area (Å²) in [6, 6.07) is 7.23. The van der Waals surface area contributed by atoms with Crippen LogP contribution >= 0.6 is 0 Å². The van der Waals surface area contributed by atoms with Crippen LogP contribution in [0, 0.1) is 17.2 Å². The zero-order valence-electron chi connectivity index (χ0n) is 9.59. The Morgan fingerprint density at radius 3 is 2.39 bits per heavy atom. The Kier molecular flexibility index (Phi) is 3.28. The molecule has 92 valence electrons. The molecule has 0 aliphatic heterocycles. The number of carbonyl (C=O) groups excluding carboxylic acids is 1. The molecule has 2 N–H and O–H groups in total. The van der Waals surface area contributed by atoms with Crippen molar-refractivity contribution in [3.63, 3.8) is 0 Å². The van der Waals surface area contributed by atoms with Crippen LogP contribution in [0.2, 0.25) is 0 Å². The number of benzene rings is 1. The van der Waals surface area contributed by atoms with Crippen LogP contribution in [-0.4, -0.2) is 23.0 Å². The van der Waals surface area contributed by atoms with Gasteiger partial charge in [0.25, 0.3) is 5.91 Å². The molecule has 1 aliphatic carbocycles. The van der Waals surface area contributed by atoms with Crippen molar-refractivity contribution >= 4 is 11.9 Å². The van der Waals surface area contributed by atoms with Crippen molar-refractivity contribution in [2.24, 2.45) is 5.92 Å². The van der Waals surface area contributed by atoms with Gasteiger partial charge >= 0.3 is 5.97 Å². The zero-order chi connectivity index (χ0) is 13.1. The molecule has 0 aromatic heterocycles. The number of nitrogens with one attached hydrogen (secondary N) is 1. The fourth-order valence-electron chi connectivity index (χ4n) is 1.73. The number of carboxylic acid groups (broad SMARTS) is 1. The van der Waals surface area contributed by atoms with Crippen LogP contribution in [0.15, 0.2) is 24.3 Å². The maximum absolute atomic E-state index is 11.8. The van der Waals surface area contributed by atoms with Crippen LogP contribution in [0.25, 0.3) is 0 Å². The van der Waals surface area contributed by atoms with E-state index in [9.17, 15) is 9.59 Å². The predicted octanol–water partition coefficient (Wildman–Crippen LogP) is 1.15. The lowest BCUT2D eigenvalue weighted by molar-refractivity contribution is -0.139. The molecule has 0 bridgehead atoms. The Hall–Kier alpha value is -2.35. The van der Waals surface area contributed by atoms with Crippen molar-refractivity contribution in [3.8, 4) is 6.07 Å². The minimum absolute atomic E-state index is 0.0461. The molecule has 1 unspecified atom stereocenters. The van der Waals surface area contributed by atoms with E-state index in [1.807, 2.05) is 6.07 Å². The first-order valence-corrected chi connectivity index (χ1v) is 5.65. The molecular formula is C13H12N2O3. The largest absolute Gasteiger partial charge is 0.480 e. The van der Waals surface area contributed by atoms with Gasteiger partial charge in [-0.1, -0.05) is 0 Å². The highest BCUT2D eigenvalue weighted by molar-refractivity contribution is 5.96. The van der Waals surface area contributed by atoms with Crippen LogP contribution in [0.1, 0.15) is 28.8 Å². The molecule has 1 amide bonds. The number of amides is 1. The Morgan fingerprint density at radius 2 is 1.94 bits per heavy atom. The van der Waals surface area contributed by atoms with Crippen LogP contribution in [0.5, 0.6) is 0 Å². The summed E-state index contributed by atoms with van der Waals surface area (Å²) >= 11 is 0. The summed E-state index contributed by atoms with van der Waals surface area (Å²) in [5.41, 5.74) is 0.824. The van der Waals surface area contributed by atoms with Gasteiger partial charge < -0.3 is 10.4 Å². The number of carboxylic acids is 1. The average molecular weight is 244 g/mol. The maximum Gasteiger partial charge on any atom is 0.326 e. The SMILES string of the molecule is N#Cc1ccc(C(=O)NC(C(=O)O)C2CC2)cc1. The Labute approximate surface area is 104 Å². The molecule has 5 heteroatoms. The van der Waals surface area contributed by atoms with Crippen molar-refractivity contribution in [3.05, 3.63) is 35.4 Å². The van der Waals surface area contributed by atoms with Crippen molar-refractivity contribution in [1.82, 2.24) is 5.32 Å². The summed E-state index contributed by atoms with van der Waals surface area (Å²) in [6.45, 7) is 0. The van der Waals surface area contributed by atoms with Gasteiger partial charge in [0.2, 0.25) is 0 Å². The third-order valence-corrected chi connectivity index (χ3v) is 2.92. The van der Waals surface area contributed by atoms with Gasteiger partial charge in [0.1, 0.15) is 6.04 Å². The van der Waals surface area contributed by atoms with Crippen LogP contribution < -0.4 is 5.32 Å². The second kappa shape index (κ2) is 4.88. The minimum Gasteiger partial charge on any atom is -0.480 e. The van der Waals surface area contributed by atoms with E-state index in [-0.39, 0.29) is 5.92 Å². The van der Waals surface area contributed by atoms with Crippen LogP contribution in [-0.2, 0) is 4.79 Å². The Bertz CT molecular complexity index is 512. The highest BCUT2D eigenvalue weighted by Crippen LogP contribution is 2.32. The standard InChI is InChI=1S/C13H12N2O3/c14-7-8-1-3-10(4-2-8)12(16)15-11(13(17)18)9-5-6-9/h1-4,9,11H,5-6H2,(H,15,16)(H,17,18). The molecule has 0 spiro atoms. The van der Waals surface area contributed by atoms with Gasteiger partial charge in [0.05, 0.1) is 11.6 Å². The third-order valence-electron chi connectivity index (χ3n) is 2.92. The van der Waals surface area contributed by atoms with Crippen molar-refractivity contribution in [1.29, 1.82) is 5.26 Å². The summed E-state index contributed by atoms with van der Waals surface area (Å²) in [5.74, 6) is -1.37. The summed E-state index contributed by atoms with van der Waals surface area (Å²) in [5, 5.41) is 20.2. The van der Waals surface area contributed by atoms with Gasteiger partial charge in [0, 0.05) is 5.56 Å². The molecule has 1 saturated carbocycles. The van der Waals surface area contributed by atoms with E-state index in [0.717, 1.165) is 12.8 Å². The fourth-order valence-corrected chi connectivity index (χ4v) is 1.73. The lowest BCUT2D eigenvalue weighted by atomic mass is 10.1. The molecule has 0 radical (unpaired) electrons. The molecule has 18 heavy (non-hydrogen) atoms. The molecule has 1 fully saturated rings.